The smallest absolute Gasteiger partial charge is 0.456 e. The second kappa shape index (κ2) is 8.69. The third-order valence-electron chi connectivity index (χ3n) is 7.58. The van der Waals surface area contributed by atoms with Gasteiger partial charge >= 0.3 is 7.12 Å². The molecule has 0 atom stereocenters. The standard InChI is InChI=1S/C31H30BNO3S/c1-7-8-12-26-20(2)23-19-22(15-17-27(23)34-26)33-24-11-9-10-13-28(24)37-29-18-21(14-16-25(29)33)32-35-30(3,4)31(5,6)36-32/h7-19H,2H2,1,3-6H3/b8-7-,26-12+. The predicted molar refractivity (Wildman–Crippen MR) is 155 cm³/mol. The van der Waals surface area contributed by atoms with Gasteiger partial charge < -0.3 is 18.6 Å². The second-order valence-corrected chi connectivity index (χ2v) is 11.6. The molecule has 4 nitrogen and oxygen atoms in total. The van der Waals surface area contributed by atoms with E-state index in [1.54, 1.807) is 11.8 Å². The first-order valence-corrected chi connectivity index (χ1v) is 13.4. The van der Waals surface area contributed by atoms with Crippen LogP contribution in [0.3, 0.4) is 0 Å². The lowest BCUT2D eigenvalue weighted by Crippen LogP contribution is -2.41. The monoisotopic (exact) mass is 507 g/mol. The molecule has 1 saturated heterocycles. The number of nitrogens with zero attached hydrogens (tertiary/aromatic N) is 1. The van der Waals surface area contributed by atoms with Gasteiger partial charge in [0.1, 0.15) is 11.0 Å². The molecule has 0 aliphatic carbocycles. The summed E-state index contributed by atoms with van der Waals surface area (Å²) in [5, 5.41) is 1.91. The van der Waals surface area contributed by atoms with Crippen molar-refractivity contribution in [3.05, 3.63) is 83.4 Å². The van der Waals surface area contributed by atoms with Crippen LogP contribution in [0.1, 0.15) is 34.6 Å². The summed E-state index contributed by atoms with van der Waals surface area (Å²) in [7, 11) is -0.399. The Labute approximate surface area is 222 Å². The van der Waals surface area contributed by atoms with Crippen molar-refractivity contribution in [2.24, 2.45) is 0 Å². The molecular weight excluding hydrogens is 477 g/mol. The van der Waals surface area contributed by atoms with Crippen molar-refractivity contribution in [2.75, 3.05) is 4.90 Å². The molecule has 2 aliphatic heterocycles. The highest BCUT2D eigenvalue weighted by atomic mass is 32.2. The fourth-order valence-electron chi connectivity index (χ4n) is 4.79. The topological polar surface area (TPSA) is 34.8 Å². The van der Waals surface area contributed by atoms with Crippen LogP contribution >= 0.6 is 11.8 Å². The molecule has 0 spiro atoms. The first kappa shape index (κ1) is 24.2. The Morgan fingerprint density at radius 2 is 1.62 bits per heavy atom. The molecule has 0 saturated carbocycles. The van der Waals surface area contributed by atoms with Crippen molar-refractivity contribution in [1.29, 1.82) is 0 Å². The van der Waals surface area contributed by atoms with E-state index in [1.807, 2.05) is 31.2 Å². The van der Waals surface area contributed by atoms with Crippen LogP contribution in [0.5, 0.6) is 0 Å². The summed E-state index contributed by atoms with van der Waals surface area (Å²) in [6, 6.07) is 21.3. The van der Waals surface area contributed by atoms with Gasteiger partial charge in [-0.3, -0.25) is 0 Å². The van der Waals surface area contributed by atoms with Gasteiger partial charge in [-0.1, -0.05) is 48.7 Å². The zero-order valence-corrected chi connectivity index (χ0v) is 22.7. The van der Waals surface area contributed by atoms with Crippen LogP contribution in [-0.4, -0.2) is 18.3 Å². The summed E-state index contributed by atoms with van der Waals surface area (Å²) in [4.78, 5) is 4.68. The minimum Gasteiger partial charge on any atom is -0.456 e. The SMILES string of the molecule is C=c1/c(=C\C=C/C)oc2ccc(N3c4ccccc4Sc4cc(B5OC(C)(C)C(C)(C)O5)ccc43)cc12. The molecule has 6 heteroatoms. The van der Waals surface area contributed by atoms with E-state index < -0.39 is 7.12 Å². The second-order valence-electron chi connectivity index (χ2n) is 10.5. The van der Waals surface area contributed by atoms with E-state index in [0.29, 0.717) is 0 Å². The third kappa shape index (κ3) is 3.95. The van der Waals surface area contributed by atoms with Gasteiger partial charge in [-0.25, -0.2) is 0 Å². The quantitative estimate of drug-likeness (QED) is 0.263. The molecule has 3 aromatic carbocycles. The van der Waals surface area contributed by atoms with Gasteiger partial charge in [-0.2, -0.15) is 0 Å². The van der Waals surface area contributed by atoms with Gasteiger partial charge in [0, 0.05) is 26.1 Å². The Morgan fingerprint density at radius 3 is 2.38 bits per heavy atom. The number of fused-ring (bicyclic) bond motifs is 3. The molecule has 1 aromatic heterocycles. The predicted octanol–water partition coefficient (Wildman–Crippen LogP) is 6.43. The number of para-hydroxylation sites is 1. The van der Waals surface area contributed by atoms with Crippen LogP contribution < -0.4 is 21.0 Å². The minimum absolute atomic E-state index is 0.381. The summed E-state index contributed by atoms with van der Waals surface area (Å²) < 4.78 is 18.8. The molecule has 0 bridgehead atoms. The van der Waals surface area contributed by atoms with Crippen molar-refractivity contribution in [1.82, 2.24) is 0 Å². The number of hydrogen-bond donors (Lipinski definition) is 0. The summed E-state index contributed by atoms with van der Waals surface area (Å²) in [5.74, 6) is 0. The molecule has 6 rings (SSSR count). The highest BCUT2D eigenvalue weighted by Crippen LogP contribution is 2.51. The van der Waals surface area contributed by atoms with Gasteiger partial charge in [0.2, 0.25) is 0 Å². The highest BCUT2D eigenvalue weighted by molar-refractivity contribution is 7.99. The van der Waals surface area contributed by atoms with Crippen LogP contribution in [-0.2, 0) is 9.31 Å². The van der Waals surface area contributed by atoms with Crippen LogP contribution in [0.4, 0.5) is 17.1 Å². The number of rotatable bonds is 3. The fraction of sp³-hybridized carbons (Fsp3) is 0.226. The van der Waals surface area contributed by atoms with E-state index >= 15 is 0 Å². The van der Waals surface area contributed by atoms with Crippen molar-refractivity contribution < 1.29 is 13.7 Å². The van der Waals surface area contributed by atoms with Crippen molar-refractivity contribution in [3.63, 3.8) is 0 Å². The average Bonchev–Trinajstić information content (AvgIpc) is 3.31. The molecule has 0 radical (unpaired) electrons. The van der Waals surface area contributed by atoms with Gasteiger partial charge in [0.05, 0.1) is 22.6 Å². The van der Waals surface area contributed by atoms with Crippen molar-refractivity contribution in [2.45, 2.75) is 55.6 Å². The molecule has 1 fully saturated rings. The number of furan rings is 1. The van der Waals surface area contributed by atoms with Gasteiger partial charge in [-0.15, -0.1) is 0 Å². The van der Waals surface area contributed by atoms with Crippen LogP contribution in [0, 0.1) is 0 Å². The van der Waals surface area contributed by atoms with Crippen LogP contribution in [0.25, 0.3) is 23.6 Å². The van der Waals surface area contributed by atoms with E-state index in [9.17, 15) is 0 Å². The van der Waals surface area contributed by atoms with Crippen molar-refractivity contribution >= 4 is 65.0 Å². The molecule has 3 heterocycles. The van der Waals surface area contributed by atoms with E-state index in [-0.39, 0.29) is 11.2 Å². The molecule has 2 aliphatic rings. The first-order valence-electron chi connectivity index (χ1n) is 12.6. The summed E-state index contributed by atoms with van der Waals surface area (Å²) >= 11 is 1.78. The fourth-order valence-corrected chi connectivity index (χ4v) is 5.90. The lowest BCUT2D eigenvalue weighted by atomic mass is 9.79. The largest absolute Gasteiger partial charge is 0.494 e. The summed E-state index contributed by atoms with van der Waals surface area (Å²) in [5.41, 5.74) is 5.22. The van der Waals surface area contributed by atoms with E-state index in [0.717, 1.165) is 49.0 Å². The maximum absolute atomic E-state index is 6.34. The summed E-state index contributed by atoms with van der Waals surface area (Å²) in [6.07, 6.45) is 5.91. The van der Waals surface area contributed by atoms with E-state index in [2.05, 4.69) is 93.8 Å². The Balaban J connectivity index is 1.47. The van der Waals surface area contributed by atoms with Crippen LogP contribution in [0.15, 0.2) is 87.0 Å². The number of hydrogen-bond acceptors (Lipinski definition) is 5. The molecule has 37 heavy (non-hydrogen) atoms. The number of benzene rings is 3. The highest BCUT2D eigenvalue weighted by Gasteiger charge is 2.51. The summed E-state index contributed by atoms with van der Waals surface area (Å²) in [6.45, 7) is 14.6. The number of allylic oxidation sites excluding steroid dienone is 2. The Kier molecular flexibility index (Phi) is 5.68. The maximum Gasteiger partial charge on any atom is 0.494 e. The first-order chi connectivity index (χ1) is 17.7. The minimum atomic E-state index is -0.399. The molecular formula is C31H30BNO3S. The molecule has 0 amide bonds. The normalized spacial score (nSPS) is 18.6. The Bertz CT molecular complexity index is 1650. The zero-order valence-electron chi connectivity index (χ0n) is 21.9. The van der Waals surface area contributed by atoms with Crippen molar-refractivity contribution in [3.8, 4) is 0 Å². The lowest BCUT2D eigenvalue weighted by Gasteiger charge is -2.33. The van der Waals surface area contributed by atoms with Gasteiger partial charge in [0.15, 0.2) is 0 Å². The molecule has 0 unspecified atom stereocenters. The maximum atomic E-state index is 6.34. The van der Waals surface area contributed by atoms with Gasteiger partial charge in [-0.05, 0) is 88.6 Å². The molecule has 0 N–H and O–H groups in total. The van der Waals surface area contributed by atoms with E-state index in [1.165, 1.54) is 4.90 Å². The van der Waals surface area contributed by atoms with E-state index in [4.69, 9.17) is 13.7 Å². The third-order valence-corrected chi connectivity index (χ3v) is 8.69. The Hall–Kier alpha value is -3.19. The number of anilines is 3. The van der Waals surface area contributed by atoms with Crippen LogP contribution in [0.2, 0.25) is 0 Å². The molecule has 186 valence electrons. The zero-order chi connectivity index (χ0) is 25.9. The lowest BCUT2D eigenvalue weighted by molar-refractivity contribution is 0.00578. The van der Waals surface area contributed by atoms with Gasteiger partial charge in [0.25, 0.3) is 0 Å². The molecule has 4 aromatic rings. The Morgan fingerprint density at radius 1 is 0.892 bits per heavy atom. The average molecular weight is 507 g/mol.